The topological polar surface area (TPSA) is 98.8 Å². The molecule has 0 aliphatic carbocycles. The molecule has 0 fully saturated rings. The van der Waals surface area contributed by atoms with E-state index in [2.05, 4.69) is 5.32 Å². The van der Waals surface area contributed by atoms with E-state index in [1.807, 2.05) is 71.6 Å². The van der Waals surface area contributed by atoms with E-state index in [1.165, 1.54) is 11.8 Å². The first-order valence-electron chi connectivity index (χ1n) is 13.6. The van der Waals surface area contributed by atoms with Crippen molar-refractivity contribution in [2.45, 2.75) is 18.7 Å². The van der Waals surface area contributed by atoms with Gasteiger partial charge in [-0.25, -0.2) is 4.68 Å². The fourth-order valence-electron chi connectivity index (χ4n) is 5.17. The number of rotatable bonds is 9. The maximum atomic E-state index is 14.0. The van der Waals surface area contributed by atoms with Gasteiger partial charge in [0.05, 0.1) is 48.6 Å². The summed E-state index contributed by atoms with van der Waals surface area (Å²) in [4.78, 5) is 29.8. The van der Waals surface area contributed by atoms with Crippen LogP contribution in [0.4, 0.5) is 5.82 Å². The summed E-state index contributed by atoms with van der Waals surface area (Å²) in [5.41, 5.74) is 4.22. The number of thiophene rings is 1. The molecule has 0 saturated heterocycles. The molecule has 9 nitrogen and oxygen atoms in total. The van der Waals surface area contributed by atoms with Crippen LogP contribution in [0.15, 0.2) is 82.8 Å². The van der Waals surface area contributed by atoms with Gasteiger partial charge in [0, 0.05) is 11.1 Å². The van der Waals surface area contributed by atoms with E-state index in [0.29, 0.717) is 23.1 Å². The largest absolute Gasteiger partial charge is 0.497 e. The average molecular weight is 615 g/mol. The van der Waals surface area contributed by atoms with Gasteiger partial charge in [0.25, 0.3) is 0 Å². The number of anilines is 1. The predicted octanol–water partition coefficient (Wildman–Crippen LogP) is 6.01. The number of fused-ring (bicyclic) bond motifs is 1. The van der Waals surface area contributed by atoms with Crippen molar-refractivity contribution in [2.24, 2.45) is 0 Å². The number of thioether (sulfide) groups is 1. The summed E-state index contributed by atoms with van der Waals surface area (Å²) < 4.78 is 18.6. The number of ether oxygens (including phenoxy) is 2. The number of para-hydroxylation sites is 1. The molecule has 4 heterocycles. The molecule has 2 amide bonds. The van der Waals surface area contributed by atoms with E-state index in [4.69, 9.17) is 19.0 Å². The van der Waals surface area contributed by atoms with Crippen molar-refractivity contribution in [1.29, 1.82) is 0 Å². The highest BCUT2D eigenvalue weighted by Crippen LogP contribution is 2.51. The number of carbonyl (C=O) groups is 2. The van der Waals surface area contributed by atoms with Gasteiger partial charge in [-0.3, -0.25) is 14.5 Å². The third-order valence-corrected chi connectivity index (χ3v) is 9.36. The molecule has 1 N–H and O–H groups in total. The van der Waals surface area contributed by atoms with Gasteiger partial charge in [-0.15, -0.1) is 23.1 Å². The molecule has 0 spiro atoms. The lowest BCUT2D eigenvalue weighted by Crippen LogP contribution is -2.42. The van der Waals surface area contributed by atoms with Crippen LogP contribution in [0.3, 0.4) is 0 Å². The lowest BCUT2D eigenvalue weighted by atomic mass is 10.0. The lowest BCUT2D eigenvalue weighted by Gasteiger charge is -2.24. The summed E-state index contributed by atoms with van der Waals surface area (Å²) in [7, 11) is 3.25. The highest BCUT2D eigenvalue weighted by atomic mass is 32.2. The molecular weight excluding hydrogens is 585 g/mol. The first-order chi connectivity index (χ1) is 21.0. The molecule has 6 rings (SSSR count). The number of methoxy groups -OCH3 is 2. The predicted molar refractivity (Wildman–Crippen MR) is 168 cm³/mol. The molecule has 43 heavy (non-hydrogen) atoms. The first-order valence-corrected chi connectivity index (χ1v) is 15.6. The normalized spacial score (nSPS) is 14.7. The van der Waals surface area contributed by atoms with E-state index in [1.54, 1.807) is 48.9 Å². The maximum Gasteiger partial charge on any atom is 0.240 e. The second-order valence-electron chi connectivity index (χ2n) is 9.90. The van der Waals surface area contributed by atoms with Crippen LogP contribution in [0.25, 0.3) is 16.3 Å². The number of nitrogens with zero attached hydrogens (tertiary/aromatic N) is 3. The smallest absolute Gasteiger partial charge is 0.240 e. The van der Waals surface area contributed by atoms with E-state index in [-0.39, 0.29) is 35.9 Å². The van der Waals surface area contributed by atoms with Crippen molar-refractivity contribution in [2.75, 3.05) is 31.4 Å². The molecule has 0 unspecified atom stereocenters. The molecular formula is C32H30N4O5S2. The Morgan fingerprint density at radius 2 is 1.95 bits per heavy atom. The van der Waals surface area contributed by atoms with Gasteiger partial charge in [0.1, 0.15) is 35.3 Å². The Morgan fingerprint density at radius 3 is 2.67 bits per heavy atom. The average Bonchev–Trinajstić information content (AvgIpc) is 3.80. The van der Waals surface area contributed by atoms with Crippen molar-refractivity contribution in [1.82, 2.24) is 15.1 Å². The van der Waals surface area contributed by atoms with Crippen molar-refractivity contribution in [3.05, 3.63) is 101 Å². The third kappa shape index (κ3) is 5.65. The minimum Gasteiger partial charge on any atom is -0.497 e. The molecule has 1 atom stereocenters. The van der Waals surface area contributed by atoms with Crippen LogP contribution in [-0.2, 0) is 16.1 Å². The van der Waals surface area contributed by atoms with Gasteiger partial charge in [-0.2, -0.15) is 5.10 Å². The zero-order valence-electron chi connectivity index (χ0n) is 23.9. The number of carbonyl (C=O) groups excluding carboxylic acids is 2. The Kier molecular flexibility index (Phi) is 8.26. The highest BCUT2D eigenvalue weighted by Gasteiger charge is 2.39. The van der Waals surface area contributed by atoms with Gasteiger partial charge < -0.3 is 19.2 Å². The van der Waals surface area contributed by atoms with Gasteiger partial charge in [0.15, 0.2) is 0 Å². The number of aromatic nitrogens is 2. The third-order valence-electron chi connectivity index (χ3n) is 7.25. The summed E-state index contributed by atoms with van der Waals surface area (Å²) in [6, 6.07) is 21.1. The number of benzene rings is 2. The molecule has 220 valence electrons. The van der Waals surface area contributed by atoms with Crippen molar-refractivity contribution >= 4 is 40.7 Å². The summed E-state index contributed by atoms with van der Waals surface area (Å²) in [5.74, 6) is 2.15. The van der Waals surface area contributed by atoms with Crippen LogP contribution >= 0.6 is 23.1 Å². The number of furan rings is 1. The van der Waals surface area contributed by atoms with Crippen molar-refractivity contribution < 1.29 is 23.5 Å². The molecule has 5 aromatic rings. The van der Waals surface area contributed by atoms with Crippen LogP contribution in [0.2, 0.25) is 0 Å². The van der Waals surface area contributed by atoms with E-state index < -0.39 is 0 Å². The summed E-state index contributed by atoms with van der Waals surface area (Å²) >= 11 is 3.05. The number of aryl methyl sites for hydroxylation is 1. The van der Waals surface area contributed by atoms with Crippen LogP contribution < -0.4 is 19.7 Å². The van der Waals surface area contributed by atoms with Crippen molar-refractivity contribution in [3.63, 3.8) is 0 Å². The van der Waals surface area contributed by atoms with Gasteiger partial charge in [0.2, 0.25) is 11.8 Å². The molecule has 1 aliphatic rings. The fourth-order valence-corrected chi connectivity index (χ4v) is 7.11. The zero-order chi connectivity index (χ0) is 29.9. The van der Waals surface area contributed by atoms with Crippen LogP contribution in [0, 0.1) is 6.92 Å². The molecule has 11 heteroatoms. The van der Waals surface area contributed by atoms with Gasteiger partial charge in [-0.1, -0.05) is 24.3 Å². The first kappa shape index (κ1) is 28.6. The van der Waals surface area contributed by atoms with Crippen LogP contribution in [0.5, 0.6) is 11.5 Å². The highest BCUT2D eigenvalue weighted by molar-refractivity contribution is 8.00. The number of hydrogen-bond acceptors (Lipinski definition) is 8. The van der Waals surface area contributed by atoms with E-state index in [9.17, 15) is 9.59 Å². The molecule has 0 radical (unpaired) electrons. The Balaban J connectivity index is 1.57. The maximum absolute atomic E-state index is 14.0. The molecule has 0 saturated carbocycles. The minimum atomic E-state index is -0.352. The second kappa shape index (κ2) is 12.4. The molecule has 0 bridgehead atoms. The number of hydrogen-bond donors (Lipinski definition) is 1. The summed E-state index contributed by atoms with van der Waals surface area (Å²) in [6.45, 7) is 2.04. The Labute approximate surface area is 257 Å². The standard InChI is InChI=1S/C32H30N4O5S2/c1-20-8-4-5-10-24(20)36-32-29(30(34-36)26-11-7-15-42-26)31(23-16-21(39-2)12-13-25(23)40-3)43-19-28(38)35(32)18-27(37)33-17-22-9-6-14-41-22/h4-16,31H,17-19H2,1-3H3,(H,33,37)/t31-/m0/s1. The summed E-state index contributed by atoms with van der Waals surface area (Å²) in [5, 5.41) is 9.70. The SMILES string of the molecule is COc1ccc(OC)c([C@@H]2SCC(=O)N(CC(=O)NCc3ccco3)c3c2c(-c2cccs2)nn3-c2ccccc2C)c1. The Bertz CT molecular complexity index is 1750. The zero-order valence-corrected chi connectivity index (χ0v) is 25.5. The van der Waals surface area contributed by atoms with Crippen LogP contribution in [0.1, 0.15) is 27.7 Å². The van der Waals surface area contributed by atoms with Gasteiger partial charge >= 0.3 is 0 Å². The van der Waals surface area contributed by atoms with E-state index in [0.717, 1.165) is 32.9 Å². The minimum absolute atomic E-state index is 0.142. The lowest BCUT2D eigenvalue weighted by molar-refractivity contribution is -0.123. The Hall–Kier alpha value is -4.48. The van der Waals surface area contributed by atoms with Crippen molar-refractivity contribution in [3.8, 4) is 27.8 Å². The molecule has 2 aromatic carbocycles. The molecule has 3 aromatic heterocycles. The second-order valence-corrected chi connectivity index (χ2v) is 11.9. The van der Waals surface area contributed by atoms with Crippen LogP contribution in [-0.4, -0.2) is 48.1 Å². The Morgan fingerprint density at radius 1 is 1.09 bits per heavy atom. The fraction of sp³-hybridized carbons (Fsp3) is 0.219. The van der Waals surface area contributed by atoms with Gasteiger partial charge in [-0.05, 0) is 60.3 Å². The number of amides is 2. The summed E-state index contributed by atoms with van der Waals surface area (Å²) in [6.07, 6.45) is 1.56. The quantitative estimate of drug-likeness (QED) is 0.217. The number of nitrogens with one attached hydrogen (secondary N) is 1. The van der Waals surface area contributed by atoms with E-state index >= 15 is 0 Å². The molecule has 1 aliphatic heterocycles. The monoisotopic (exact) mass is 614 g/mol.